The standard InChI is InChI=1S/C36H59NO10/c1-10-11-12-21(3)33(47-36(37)42)25(7)30(38)22(4)17-20(2)18-23(5)31(39)28-14-13-27(45-35(28)44-16-15-43-9)19-29-24(6)32(40)26(8)34(41)46-29/h10-14,18,21-33,35,38-40H,1,15-17,19H2,2-9H3,(H2,37,42)/b12-11-,20-18-/t21?,22-,23-,24-,25-,26?,27+,28?,29-,30+,31+,32-,33-,35-/m0/s1. The summed E-state index contributed by atoms with van der Waals surface area (Å²) in [5.41, 5.74) is 6.32. The number of aliphatic hydroxyl groups is 3. The molecule has 0 aromatic heterocycles. The summed E-state index contributed by atoms with van der Waals surface area (Å²) < 4.78 is 28.4. The maximum atomic E-state index is 12.3. The molecule has 11 nitrogen and oxygen atoms in total. The molecule has 2 aliphatic heterocycles. The van der Waals surface area contributed by atoms with Crippen LogP contribution in [-0.4, -0.2) is 90.6 Å². The van der Waals surface area contributed by atoms with E-state index in [0.717, 1.165) is 5.57 Å². The van der Waals surface area contributed by atoms with Gasteiger partial charge in [-0.05, 0) is 26.2 Å². The van der Waals surface area contributed by atoms with E-state index in [0.29, 0.717) is 19.4 Å². The first-order valence-electron chi connectivity index (χ1n) is 16.7. The first-order valence-corrected chi connectivity index (χ1v) is 16.7. The van der Waals surface area contributed by atoms with Crippen molar-refractivity contribution < 1.29 is 48.6 Å². The molecule has 2 heterocycles. The number of aliphatic hydroxyl groups excluding tert-OH is 3. The number of nitrogens with two attached hydrogens (primary N) is 1. The van der Waals surface area contributed by atoms with Crippen molar-refractivity contribution in [3.8, 4) is 0 Å². The number of rotatable bonds is 18. The van der Waals surface area contributed by atoms with Crippen molar-refractivity contribution in [2.24, 2.45) is 47.2 Å². The van der Waals surface area contributed by atoms with Crippen molar-refractivity contribution in [2.45, 2.75) is 104 Å². The molecule has 1 saturated heterocycles. The van der Waals surface area contributed by atoms with Crippen molar-refractivity contribution in [1.82, 2.24) is 0 Å². The third kappa shape index (κ3) is 11.8. The molecular weight excluding hydrogens is 606 g/mol. The van der Waals surface area contributed by atoms with Crippen molar-refractivity contribution in [1.29, 1.82) is 0 Å². The van der Waals surface area contributed by atoms with Crippen LogP contribution in [0.5, 0.6) is 0 Å². The van der Waals surface area contributed by atoms with Gasteiger partial charge in [-0.25, -0.2) is 4.79 Å². The average Bonchev–Trinajstić information content (AvgIpc) is 3.02. The zero-order valence-electron chi connectivity index (χ0n) is 29.4. The van der Waals surface area contributed by atoms with Gasteiger partial charge in [0.2, 0.25) is 0 Å². The molecule has 1 amide bonds. The van der Waals surface area contributed by atoms with Crippen LogP contribution in [0.3, 0.4) is 0 Å². The molecule has 268 valence electrons. The molecule has 0 aromatic carbocycles. The minimum absolute atomic E-state index is 0.179. The zero-order valence-corrected chi connectivity index (χ0v) is 29.4. The van der Waals surface area contributed by atoms with Gasteiger partial charge in [-0.15, -0.1) is 0 Å². The Hall–Kier alpha value is -2.54. The van der Waals surface area contributed by atoms with E-state index in [1.807, 2.05) is 65.8 Å². The van der Waals surface area contributed by atoms with Gasteiger partial charge in [-0.2, -0.15) is 0 Å². The second-order valence-electron chi connectivity index (χ2n) is 13.5. The summed E-state index contributed by atoms with van der Waals surface area (Å²) in [5, 5.41) is 33.2. The molecule has 1 fully saturated rings. The fraction of sp³-hybridized carbons (Fsp3) is 0.722. The second-order valence-corrected chi connectivity index (χ2v) is 13.5. The number of ether oxygens (including phenoxy) is 5. The number of hydrogen-bond donors (Lipinski definition) is 4. The molecule has 14 atom stereocenters. The van der Waals surface area contributed by atoms with Gasteiger partial charge in [0.15, 0.2) is 6.29 Å². The van der Waals surface area contributed by atoms with Gasteiger partial charge in [-0.3, -0.25) is 4.79 Å². The van der Waals surface area contributed by atoms with E-state index in [-0.39, 0.29) is 30.3 Å². The Morgan fingerprint density at radius 1 is 1.13 bits per heavy atom. The Balaban J connectivity index is 2.12. The number of primary amides is 1. The van der Waals surface area contributed by atoms with Crippen molar-refractivity contribution in [2.75, 3.05) is 20.3 Å². The van der Waals surface area contributed by atoms with Crippen LogP contribution < -0.4 is 5.73 Å². The fourth-order valence-electron chi connectivity index (χ4n) is 6.63. The lowest BCUT2D eigenvalue weighted by molar-refractivity contribution is -0.217. The number of methoxy groups -OCH3 is 1. The third-order valence-electron chi connectivity index (χ3n) is 9.57. The van der Waals surface area contributed by atoms with Crippen LogP contribution in [0, 0.1) is 41.4 Å². The SMILES string of the molecule is C=C/C=C\C(C)[C@H](OC(N)=O)[C@@H](C)[C@H](O)[C@@H](C)C/C(C)=C\[C@H](C)[C@@H](O)C1C=C[C@H](C[C@@H]2OC(=O)C(C)[C@@H](O)[C@H]2C)O[C@@H]1OCCOC. The highest BCUT2D eigenvalue weighted by molar-refractivity contribution is 5.73. The van der Waals surface area contributed by atoms with E-state index < -0.39 is 72.7 Å². The van der Waals surface area contributed by atoms with Gasteiger partial charge in [-0.1, -0.05) is 83.2 Å². The lowest BCUT2D eigenvalue weighted by atomic mass is 9.81. The molecule has 0 aliphatic carbocycles. The lowest BCUT2D eigenvalue weighted by Gasteiger charge is -2.40. The largest absolute Gasteiger partial charge is 0.462 e. The van der Waals surface area contributed by atoms with Crippen LogP contribution in [-0.2, 0) is 28.5 Å². The summed E-state index contributed by atoms with van der Waals surface area (Å²) >= 11 is 0. The number of cyclic esters (lactones) is 1. The molecule has 0 bridgehead atoms. The molecule has 0 saturated carbocycles. The number of carbonyl (C=O) groups is 2. The van der Waals surface area contributed by atoms with Crippen molar-refractivity contribution in [3.05, 3.63) is 48.6 Å². The quantitative estimate of drug-likeness (QED) is 0.0717. The summed E-state index contributed by atoms with van der Waals surface area (Å²) in [6.45, 7) is 17.3. The maximum absolute atomic E-state index is 12.3. The smallest absolute Gasteiger partial charge is 0.404 e. The Morgan fingerprint density at radius 3 is 2.43 bits per heavy atom. The third-order valence-corrected chi connectivity index (χ3v) is 9.57. The van der Waals surface area contributed by atoms with Gasteiger partial charge in [0.1, 0.15) is 12.2 Å². The highest BCUT2D eigenvalue weighted by Gasteiger charge is 2.43. The molecule has 0 radical (unpaired) electrons. The Bertz CT molecular complexity index is 1090. The molecule has 5 N–H and O–H groups in total. The normalized spacial score (nSPS) is 31.3. The van der Waals surface area contributed by atoms with E-state index >= 15 is 0 Å². The molecule has 0 aromatic rings. The van der Waals surface area contributed by atoms with E-state index in [1.165, 1.54) is 0 Å². The van der Waals surface area contributed by atoms with Crippen LogP contribution in [0.25, 0.3) is 0 Å². The maximum Gasteiger partial charge on any atom is 0.404 e. The van der Waals surface area contributed by atoms with Crippen LogP contribution in [0.15, 0.2) is 48.6 Å². The number of allylic oxidation sites excluding steroid dienone is 3. The number of amides is 1. The van der Waals surface area contributed by atoms with Crippen LogP contribution in [0.1, 0.15) is 61.3 Å². The Morgan fingerprint density at radius 2 is 1.81 bits per heavy atom. The highest BCUT2D eigenvalue weighted by Crippen LogP contribution is 2.34. The highest BCUT2D eigenvalue weighted by atomic mass is 16.7. The van der Waals surface area contributed by atoms with E-state index in [2.05, 4.69) is 6.58 Å². The predicted octanol–water partition coefficient (Wildman–Crippen LogP) is 4.30. The van der Waals surface area contributed by atoms with Gasteiger partial charge >= 0.3 is 12.1 Å². The number of esters is 1. The molecule has 2 rings (SSSR count). The number of hydrogen-bond acceptors (Lipinski definition) is 10. The summed E-state index contributed by atoms with van der Waals surface area (Å²) in [5.74, 6) is -2.80. The van der Waals surface area contributed by atoms with E-state index in [9.17, 15) is 24.9 Å². The first kappa shape index (κ1) is 40.6. The molecule has 3 unspecified atom stereocenters. The van der Waals surface area contributed by atoms with Crippen molar-refractivity contribution >= 4 is 12.1 Å². The minimum atomic E-state index is -0.892. The van der Waals surface area contributed by atoms with Crippen LogP contribution in [0.4, 0.5) is 4.79 Å². The first-order chi connectivity index (χ1) is 22.1. The molecule has 0 spiro atoms. The summed E-state index contributed by atoms with van der Waals surface area (Å²) in [4.78, 5) is 23.9. The molecule has 47 heavy (non-hydrogen) atoms. The topological polar surface area (TPSA) is 167 Å². The van der Waals surface area contributed by atoms with Crippen LogP contribution >= 0.6 is 0 Å². The Kier molecular flexibility index (Phi) is 16.8. The van der Waals surface area contributed by atoms with E-state index in [1.54, 1.807) is 26.2 Å². The van der Waals surface area contributed by atoms with E-state index in [4.69, 9.17) is 29.4 Å². The second kappa shape index (κ2) is 19.5. The number of carbonyl (C=O) groups excluding carboxylic acids is 2. The molecule has 11 heteroatoms. The zero-order chi connectivity index (χ0) is 35.4. The minimum Gasteiger partial charge on any atom is -0.462 e. The van der Waals surface area contributed by atoms with Crippen LogP contribution in [0.2, 0.25) is 0 Å². The van der Waals surface area contributed by atoms with Gasteiger partial charge < -0.3 is 44.7 Å². The monoisotopic (exact) mass is 665 g/mol. The Labute approximate surface area is 280 Å². The average molecular weight is 666 g/mol. The molecular formula is C36H59NO10. The lowest BCUT2D eigenvalue weighted by Crippen LogP contribution is -2.49. The van der Waals surface area contributed by atoms with Crippen molar-refractivity contribution in [3.63, 3.8) is 0 Å². The fourth-order valence-corrected chi connectivity index (χ4v) is 6.63. The summed E-state index contributed by atoms with van der Waals surface area (Å²) in [7, 11) is 1.57. The molecule has 2 aliphatic rings. The summed E-state index contributed by atoms with van der Waals surface area (Å²) in [6.07, 6.45) is 6.21. The summed E-state index contributed by atoms with van der Waals surface area (Å²) in [6, 6.07) is 0. The predicted molar refractivity (Wildman–Crippen MR) is 179 cm³/mol. The van der Waals surface area contributed by atoms with Gasteiger partial charge in [0.05, 0.1) is 49.5 Å². The van der Waals surface area contributed by atoms with Gasteiger partial charge in [0, 0.05) is 37.2 Å². The van der Waals surface area contributed by atoms with Gasteiger partial charge in [0.25, 0.3) is 0 Å².